The molecule has 0 aromatic carbocycles. The summed E-state index contributed by atoms with van der Waals surface area (Å²) >= 11 is 0. The summed E-state index contributed by atoms with van der Waals surface area (Å²) in [6.07, 6.45) is 7.05. The number of aryl methyl sites for hydroxylation is 1. The normalized spacial score (nSPS) is 22.9. The average molecular weight is 351 g/mol. The van der Waals surface area contributed by atoms with Crippen LogP contribution in [0.3, 0.4) is 0 Å². The van der Waals surface area contributed by atoms with Gasteiger partial charge in [0.15, 0.2) is 5.82 Å². The second-order valence-electron chi connectivity index (χ2n) is 7.16. The van der Waals surface area contributed by atoms with Crippen LogP contribution in [0.25, 0.3) is 5.82 Å². The number of hydrogen-bond acceptors (Lipinski definition) is 7. The molecule has 0 bridgehead atoms. The Morgan fingerprint density at radius 2 is 1.88 bits per heavy atom. The highest BCUT2D eigenvalue weighted by Gasteiger charge is 2.40. The summed E-state index contributed by atoms with van der Waals surface area (Å²) in [5.74, 6) is 4.17. The molecule has 134 valence electrons. The zero-order valence-electron chi connectivity index (χ0n) is 14.7. The van der Waals surface area contributed by atoms with Crippen molar-refractivity contribution in [2.24, 2.45) is 18.9 Å². The second kappa shape index (κ2) is 6.17. The minimum absolute atomic E-state index is 0.673. The minimum Gasteiger partial charge on any atom is -0.356 e. The maximum Gasteiger partial charge on any atom is 0.158 e. The zero-order chi connectivity index (χ0) is 17.5. The van der Waals surface area contributed by atoms with E-state index in [0.29, 0.717) is 11.8 Å². The van der Waals surface area contributed by atoms with Gasteiger partial charge in [0.1, 0.15) is 24.3 Å². The van der Waals surface area contributed by atoms with Gasteiger partial charge >= 0.3 is 0 Å². The van der Waals surface area contributed by atoms with E-state index in [-0.39, 0.29) is 0 Å². The number of nitrogens with zero attached hydrogens (tertiary/aromatic N) is 9. The van der Waals surface area contributed by atoms with E-state index in [4.69, 9.17) is 0 Å². The molecule has 0 radical (unpaired) electrons. The smallest absolute Gasteiger partial charge is 0.158 e. The maximum atomic E-state index is 4.49. The quantitative estimate of drug-likeness (QED) is 0.671. The van der Waals surface area contributed by atoms with Gasteiger partial charge in [-0.2, -0.15) is 5.10 Å². The van der Waals surface area contributed by atoms with E-state index in [1.54, 1.807) is 23.5 Å². The van der Waals surface area contributed by atoms with Crippen molar-refractivity contribution in [3.8, 4) is 5.82 Å². The van der Waals surface area contributed by atoms with E-state index < -0.39 is 0 Å². The molecule has 0 aliphatic carbocycles. The first-order valence-electron chi connectivity index (χ1n) is 8.88. The van der Waals surface area contributed by atoms with Gasteiger partial charge in [0.2, 0.25) is 0 Å². The van der Waals surface area contributed by atoms with Crippen molar-refractivity contribution in [2.75, 3.05) is 31.1 Å². The third-order valence-electron chi connectivity index (χ3n) is 5.43. The van der Waals surface area contributed by atoms with E-state index in [0.717, 1.165) is 50.2 Å². The van der Waals surface area contributed by atoms with Crippen molar-refractivity contribution >= 4 is 5.82 Å². The van der Waals surface area contributed by atoms with Crippen LogP contribution in [0, 0.1) is 11.8 Å². The van der Waals surface area contributed by atoms with Gasteiger partial charge in [0, 0.05) is 51.7 Å². The number of aromatic nitrogens is 7. The largest absolute Gasteiger partial charge is 0.356 e. The molecule has 3 aromatic heterocycles. The van der Waals surface area contributed by atoms with Gasteiger partial charge in [-0.1, -0.05) is 0 Å². The van der Waals surface area contributed by atoms with E-state index in [9.17, 15) is 0 Å². The molecule has 9 heteroatoms. The summed E-state index contributed by atoms with van der Waals surface area (Å²) < 4.78 is 3.77. The van der Waals surface area contributed by atoms with E-state index in [1.807, 2.05) is 29.9 Å². The second-order valence-corrected chi connectivity index (χ2v) is 7.16. The van der Waals surface area contributed by atoms with Gasteiger partial charge in [-0.3, -0.25) is 4.90 Å². The van der Waals surface area contributed by atoms with Crippen molar-refractivity contribution in [3.63, 3.8) is 0 Å². The molecule has 2 aliphatic rings. The van der Waals surface area contributed by atoms with Gasteiger partial charge < -0.3 is 9.47 Å². The molecule has 5 heterocycles. The van der Waals surface area contributed by atoms with Gasteiger partial charge in [-0.05, 0) is 17.9 Å². The van der Waals surface area contributed by atoms with Crippen molar-refractivity contribution in [1.82, 2.24) is 39.4 Å². The number of hydrogen-bond donors (Lipinski definition) is 0. The Kier molecular flexibility index (Phi) is 3.66. The van der Waals surface area contributed by atoms with Crippen molar-refractivity contribution < 1.29 is 0 Å². The fourth-order valence-electron chi connectivity index (χ4n) is 4.10. The summed E-state index contributed by atoms with van der Waals surface area (Å²) in [5.41, 5.74) is 0. The molecule has 0 saturated carbocycles. The predicted molar refractivity (Wildman–Crippen MR) is 94.6 cm³/mol. The van der Waals surface area contributed by atoms with Gasteiger partial charge in [0.05, 0.1) is 6.54 Å². The van der Waals surface area contributed by atoms with E-state index in [1.165, 1.54) is 0 Å². The van der Waals surface area contributed by atoms with Crippen LogP contribution < -0.4 is 4.90 Å². The summed E-state index contributed by atoms with van der Waals surface area (Å²) in [4.78, 5) is 13.7. The van der Waals surface area contributed by atoms with Crippen LogP contribution in [0.5, 0.6) is 0 Å². The topological polar surface area (TPSA) is 80.8 Å². The number of likely N-dealkylation sites (tertiary alicyclic amines) is 1. The molecule has 0 spiro atoms. The Morgan fingerprint density at radius 1 is 1.08 bits per heavy atom. The lowest BCUT2D eigenvalue weighted by Gasteiger charge is -2.22. The Bertz CT molecular complexity index is 873. The molecule has 2 saturated heterocycles. The van der Waals surface area contributed by atoms with Gasteiger partial charge in [0.25, 0.3) is 0 Å². The number of fused-ring (bicyclic) bond motifs is 1. The highest BCUT2D eigenvalue weighted by molar-refractivity contribution is 5.44. The molecule has 5 rings (SSSR count). The fraction of sp³-hybridized carbons (Fsp3) is 0.471. The molecule has 2 atom stereocenters. The lowest BCUT2D eigenvalue weighted by atomic mass is 10.0. The zero-order valence-corrected chi connectivity index (χ0v) is 14.7. The Balaban J connectivity index is 1.26. The van der Waals surface area contributed by atoms with Crippen LogP contribution >= 0.6 is 0 Å². The van der Waals surface area contributed by atoms with E-state index >= 15 is 0 Å². The molecule has 0 N–H and O–H groups in total. The fourth-order valence-corrected chi connectivity index (χ4v) is 4.10. The summed E-state index contributed by atoms with van der Waals surface area (Å²) in [7, 11) is 2.00. The van der Waals surface area contributed by atoms with Crippen LogP contribution in [0.2, 0.25) is 0 Å². The molecular weight excluding hydrogens is 330 g/mol. The Hall–Kier alpha value is -2.81. The highest BCUT2D eigenvalue weighted by atomic mass is 15.3. The molecule has 2 fully saturated rings. The van der Waals surface area contributed by atoms with Gasteiger partial charge in [-0.15, -0.1) is 10.2 Å². The standard InChI is InChI=1S/C17H21N9/c1-23-12-20-22-17(23)10-24-6-13-8-25(9-14(13)7-24)15-5-16(19-11-18-15)26-4-2-3-21-26/h2-5,11-14H,6-10H2,1H3. The molecule has 3 aromatic rings. The molecule has 9 nitrogen and oxygen atoms in total. The monoisotopic (exact) mass is 351 g/mol. The highest BCUT2D eigenvalue weighted by Crippen LogP contribution is 2.33. The number of rotatable bonds is 4. The van der Waals surface area contributed by atoms with Crippen molar-refractivity contribution in [3.05, 3.63) is 43.0 Å². The van der Waals surface area contributed by atoms with E-state index in [2.05, 4.69) is 35.1 Å². The Labute approximate surface area is 151 Å². The van der Waals surface area contributed by atoms with Crippen molar-refractivity contribution in [2.45, 2.75) is 6.54 Å². The van der Waals surface area contributed by atoms with Crippen LogP contribution in [0.15, 0.2) is 37.2 Å². The molecule has 26 heavy (non-hydrogen) atoms. The van der Waals surface area contributed by atoms with Crippen LogP contribution in [-0.2, 0) is 13.6 Å². The molecule has 2 unspecified atom stereocenters. The number of anilines is 1. The average Bonchev–Trinajstić information content (AvgIpc) is 3.40. The maximum absolute atomic E-state index is 4.49. The summed E-state index contributed by atoms with van der Waals surface area (Å²) in [6.45, 7) is 5.15. The molecular formula is C17H21N9. The third-order valence-corrected chi connectivity index (χ3v) is 5.43. The first kappa shape index (κ1) is 15.4. The van der Waals surface area contributed by atoms with Crippen LogP contribution in [0.1, 0.15) is 5.82 Å². The van der Waals surface area contributed by atoms with Crippen LogP contribution in [0.4, 0.5) is 5.82 Å². The third kappa shape index (κ3) is 2.74. The lowest BCUT2D eigenvalue weighted by Crippen LogP contribution is -2.29. The minimum atomic E-state index is 0.673. The lowest BCUT2D eigenvalue weighted by molar-refractivity contribution is 0.297. The summed E-state index contributed by atoms with van der Waals surface area (Å²) in [5, 5.41) is 12.4. The summed E-state index contributed by atoms with van der Waals surface area (Å²) in [6, 6.07) is 3.92. The predicted octanol–water partition coefficient (Wildman–Crippen LogP) is 0.359. The first-order valence-corrected chi connectivity index (χ1v) is 8.88. The van der Waals surface area contributed by atoms with Crippen LogP contribution in [-0.4, -0.2) is 65.6 Å². The van der Waals surface area contributed by atoms with Crippen molar-refractivity contribution in [1.29, 1.82) is 0 Å². The molecule has 0 amide bonds. The molecule has 2 aliphatic heterocycles. The Morgan fingerprint density at radius 3 is 2.58 bits per heavy atom. The van der Waals surface area contributed by atoms with Gasteiger partial charge in [-0.25, -0.2) is 14.6 Å². The SMILES string of the molecule is Cn1cnnc1CN1CC2CN(c3cc(-n4cccn4)ncn3)CC2C1. The first-order chi connectivity index (χ1) is 12.8.